The molecule has 0 spiro atoms. The van der Waals surface area contributed by atoms with Crippen molar-refractivity contribution in [3.63, 3.8) is 0 Å². The van der Waals surface area contributed by atoms with Crippen LogP contribution in [0.25, 0.3) is 22.6 Å². The fourth-order valence-electron chi connectivity index (χ4n) is 3.30. The number of ether oxygens (including phenoxy) is 1. The molecule has 0 saturated heterocycles. The lowest BCUT2D eigenvalue weighted by molar-refractivity contribution is -0.394. The van der Waals surface area contributed by atoms with E-state index >= 15 is 0 Å². The highest BCUT2D eigenvalue weighted by Crippen LogP contribution is 2.34. The molecule has 0 aliphatic heterocycles. The quantitative estimate of drug-likeness (QED) is 0.209. The number of hydrogen-bond acceptors (Lipinski definition) is 12. The number of carbonyl (C=O) groups is 1. The third-order valence-corrected chi connectivity index (χ3v) is 4.77. The zero-order chi connectivity index (χ0) is 25.1. The first kappa shape index (κ1) is 22.8. The van der Waals surface area contributed by atoms with Crippen LogP contribution in [0.15, 0.2) is 46.1 Å². The molecule has 4 rings (SSSR count). The molecule has 16 heteroatoms. The Morgan fingerprint density at radius 3 is 2.69 bits per heavy atom. The van der Waals surface area contributed by atoms with Gasteiger partial charge >= 0.3 is 5.69 Å². The van der Waals surface area contributed by atoms with Gasteiger partial charge in [0.2, 0.25) is 5.75 Å². The highest BCUT2D eigenvalue weighted by Gasteiger charge is 2.24. The molecule has 0 aliphatic rings. The van der Waals surface area contributed by atoms with Crippen LogP contribution in [0, 0.1) is 20.2 Å². The molecule has 178 valence electrons. The summed E-state index contributed by atoms with van der Waals surface area (Å²) >= 11 is 0. The van der Waals surface area contributed by atoms with Gasteiger partial charge in [0, 0.05) is 6.07 Å². The molecule has 0 fully saturated rings. The van der Waals surface area contributed by atoms with Crippen LogP contribution < -0.4 is 15.9 Å². The Balaban J connectivity index is 1.61. The van der Waals surface area contributed by atoms with Crippen LogP contribution in [-0.2, 0) is 11.3 Å². The molecule has 2 aromatic carbocycles. The number of imidazole rings is 1. The molecule has 0 atom stereocenters. The summed E-state index contributed by atoms with van der Waals surface area (Å²) < 4.78 is 11.2. The lowest BCUT2D eigenvalue weighted by Gasteiger charge is -2.07. The number of benzene rings is 2. The zero-order valence-corrected chi connectivity index (χ0v) is 17.8. The van der Waals surface area contributed by atoms with E-state index in [0.717, 1.165) is 18.3 Å². The number of nitrogen functional groups attached to an aromatic ring is 1. The summed E-state index contributed by atoms with van der Waals surface area (Å²) in [7, 11) is 1.17. The minimum atomic E-state index is -0.822. The fraction of sp³-hybridized carbons (Fsp3) is 0.105. The average molecular weight is 481 g/mol. The number of carbonyl (C=O) groups excluding carboxylic acids is 1. The molecule has 0 bridgehead atoms. The molecule has 3 N–H and O–H groups in total. The second-order valence-corrected chi connectivity index (χ2v) is 6.90. The van der Waals surface area contributed by atoms with Gasteiger partial charge in [-0.15, -0.1) is 0 Å². The van der Waals surface area contributed by atoms with Crippen molar-refractivity contribution in [1.82, 2.24) is 25.3 Å². The number of non-ortho nitro benzene ring substituents is 1. The first-order valence-corrected chi connectivity index (χ1v) is 9.66. The summed E-state index contributed by atoms with van der Waals surface area (Å²) in [4.78, 5) is 37.9. The molecular formula is C19H15N9O7. The summed E-state index contributed by atoms with van der Waals surface area (Å²) in [6, 6.07) is 8.79. The topological polar surface area (TPSA) is 220 Å². The molecule has 2 aromatic heterocycles. The van der Waals surface area contributed by atoms with Gasteiger partial charge in [-0.25, -0.2) is 15.0 Å². The highest BCUT2D eigenvalue weighted by atomic mass is 16.6. The number of nitro benzene ring substituents is 2. The van der Waals surface area contributed by atoms with Crippen molar-refractivity contribution in [2.75, 3.05) is 12.8 Å². The molecule has 35 heavy (non-hydrogen) atoms. The number of nitrogens with zero attached hydrogens (tertiary/aromatic N) is 7. The van der Waals surface area contributed by atoms with E-state index in [-0.39, 0.29) is 35.2 Å². The molecular weight excluding hydrogens is 466 g/mol. The van der Waals surface area contributed by atoms with Gasteiger partial charge in [-0.3, -0.25) is 25.0 Å². The Morgan fingerprint density at radius 2 is 2.03 bits per heavy atom. The van der Waals surface area contributed by atoms with Crippen LogP contribution in [0.4, 0.5) is 17.2 Å². The number of aromatic nitrogens is 4. The van der Waals surface area contributed by atoms with E-state index in [2.05, 4.69) is 30.5 Å². The Bertz CT molecular complexity index is 1490. The lowest BCUT2D eigenvalue weighted by Crippen LogP contribution is -2.23. The molecule has 0 radical (unpaired) electrons. The Hall–Kier alpha value is -5.41. The van der Waals surface area contributed by atoms with E-state index in [0.29, 0.717) is 11.0 Å². The van der Waals surface area contributed by atoms with Crippen molar-refractivity contribution in [2.45, 2.75) is 6.54 Å². The number of rotatable bonds is 8. The minimum Gasteiger partial charge on any atom is -0.490 e. The summed E-state index contributed by atoms with van der Waals surface area (Å²) in [5.41, 5.74) is 8.11. The van der Waals surface area contributed by atoms with E-state index in [1.54, 1.807) is 24.3 Å². The smallest absolute Gasteiger partial charge is 0.318 e. The van der Waals surface area contributed by atoms with E-state index in [9.17, 15) is 25.0 Å². The highest BCUT2D eigenvalue weighted by molar-refractivity contribution is 5.89. The van der Waals surface area contributed by atoms with E-state index in [1.807, 2.05) is 0 Å². The standard InChI is InChI=1S/C19H15N9O7/c1-34-17-10(6-11(27(30)31)7-14(17)28(32)33)8-21-23-15(29)9-26-13-5-3-2-4-12(13)22-19(26)16-18(20)25-35-24-16/h2-8H,9H2,1H3,(H2,20,25)(H,23,29)/b21-8-. The Kier molecular flexibility index (Phi) is 6.00. The molecule has 4 aromatic rings. The Labute approximate surface area is 194 Å². The monoisotopic (exact) mass is 481 g/mol. The molecule has 2 heterocycles. The number of para-hydroxylation sites is 2. The number of fused-ring (bicyclic) bond motifs is 1. The largest absolute Gasteiger partial charge is 0.490 e. The van der Waals surface area contributed by atoms with Crippen LogP contribution >= 0.6 is 0 Å². The number of anilines is 1. The van der Waals surface area contributed by atoms with Gasteiger partial charge in [0.1, 0.15) is 6.54 Å². The number of amides is 1. The molecule has 0 unspecified atom stereocenters. The minimum absolute atomic E-state index is 0.0145. The molecule has 0 saturated carbocycles. The predicted molar refractivity (Wildman–Crippen MR) is 119 cm³/mol. The summed E-state index contributed by atoms with van der Waals surface area (Å²) in [5.74, 6) is -0.644. The first-order valence-electron chi connectivity index (χ1n) is 9.66. The van der Waals surface area contributed by atoms with Gasteiger partial charge < -0.3 is 15.0 Å². The van der Waals surface area contributed by atoms with Gasteiger partial charge in [0.15, 0.2) is 17.3 Å². The zero-order valence-electron chi connectivity index (χ0n) is 17.8. The number of methoxy groups -OCH3 is 1. The van der Waals surface area contributed by atoms with Crippen LogP contribution in [0.2, 0.25) is 0 Å². The van der Waals surface area contributed by atoms with Crippen LogP contribution in [-0.4, -0.2) is 48.9 Å². The van der Waals surface area contributed by atoms with E-state index in [1.165, 1.54) is 11.7 Å². The van der Waals surface area contributed by atoms with Gasteiger partial charge in [0.25, 0.3) is 11.6 Å². The normalized spacial score (nSPS) is 11.1. The molecule has 0 aliphatic carbocycles. The maximum atomic E-state index is 12.6. The van der Waals surface area contributed by atoms with Gasteiger partial charge in [-0.2, -0.15) is 5.10 Å². The molecule has 1 amide bonds. The van der Waals surface area contributed by atoms with Crippen molar-refractivity contribution in [2.24, 2.45) is 5.10 Å². The second kappa shape index (κ2) is 9.22. The average Bonchev–Trinajstić information content (AvgIpc) is 3.41. The maximum Gasteiger partial charge on any atom is 0.318 e. The van der Waals surface area contributed by atoms with Crippen molar-refractivity contribution in [1.29, 1.82) is 0 Å². The summed E-state index contributed by atoms with van der Waals surface area (Å²) in [6.45, 7) is -0.272. The number of nitro groups is 2. The lowest BCUT2D eigenvalue weighted by atomic mass is 10.1. The number of hydrazone groups is 1. The van der Waals surface area contributed by atoms with Gasteiger partial charge in [-0.1, -0.05) is 12.1 Å². The van der Waals surface area contributed by atoms with E-state index in [4.69, 9.17) is 10.5 Å². The SMILES string of the molecule is COc1c(/C=N\NC(=O)Cn2c(-c3nonc3N)nc3ccccc32)cc([N+](=O)[O-])cc1[N+](=O)[O-]. The van der Waals surface area contributed by atoms with Gasteiger partial charge in [0.05, 0.1) is 45.8 Å². The Morgan fingerprint density at radius 1 is 1.26 bits per heavy atom. The number of nitrogens with one attached hydrogen (secondary N) is 1. The third kappa shape index (κ3) is 4.42. The van der Waals surface area contributed by atoms with Crippen LogP contribution in [0.5, 0.6) is 5.75 Å². The van der Waals surface area contributed by atoms with Crippen LogP contribution in [0.3, 0.4) is 0 Å². The maximum absolute atomic E-state index is 12.6. The summed E-state index contributed by atoms with van der Waals surface area (Å²) in [6.07, 6.45) is 1.00. The van der Waals surface area contributed by atoms with Gasteiger partial charge in [-0.05, 0) is 22.4 Å². The predicted octanol–water partition coefficient (Wildman–Crippen LogP) is 1.64. The number of nitrogens with two attached hydrogens (primary N) is 1. The third-order valence-electron chi connectivity index (χ3n) is 4.77. The van der Waals surface area contributed by atoms with E-state index < -0.39 is 27.1 Å². The van der Waals surface area contributed by atoms with Crippen molar-refractivity contribution < 1.29 is 24.0 Å². The molecule has 16 nitrogen and oxygen atoms in total. The second-order valence-electron chi connectivity index (χ2n) is 6.90. The summed E-state index contributed by atoms with van der Waals surface area (Å²) in [5, 5.41) is 33.5. The van der Waals surface area contributed by atoms with Crippen LogP contribution in [0.1, 0.15) is 5.56 Å². The van der Waals surface area contributed by atoms with Crippen molar-refractivity contribution in [3.8, 4) is 17.3 Å². The van der Waals surface area contributed by atoms with Crippen molar-refractivity contribution >= 4 is 40.3 Å². The first-order chi connectivity index (χ1) is 16.8. The van der Waals surface area contributed by atoms with Crippen molar-refractivity contribution in [3.05, 3.63) is 62.2 Å². The fourth-order valence-corrected chi connectivity index (χ4v) is 3.30. The number of hydrogen-bond donors (Lipinski definition) is 2.